The van der Waals surface area contributed by atoms with E-state index >= 15 is 0 Å². The first kappa shape index (κ1) is 19.5. The first-order valence-electron chi connectivity index (χ1n) is 8.90. The molecule has 0 aliphatic heterocycles. The average Bonchev–Trinajstić information content (AvgIpc) is 3.25. The molecule has 0 bridgehead atoms. The van der Waals surface area contributed by atoms with E-state index in [2.05, 4.69) is 15.8 Å². The second-order valence-corrected chi connectivity index (χ2v) is 7.45. The molecule has 2 aromatic carbocycles. The van der Waals surface area contributed by atoms with E-state index in [0.29, 0.717) is 15.8 Å². The van der Waals surface area contributed by atoms with Gasteiger partial charge in [-0.3, -0.25) is 29.8 Å². The number of para-hydroxylation sites is 1. The number of carbonyl (C=O) groups excluding carboxylic acids is 2. The molecule has 2 heterocycles. The number of fused-ring (bicyclic) bond motifs is 1. The largest absolute Gasteiger partial charge is 0.289 e. The van der Waals surface area contributed by atoms with Gasteiger partial charge in [0.2, 0.25) is 0 Å². The van der Waals surface area contributed by atoms with Crippen molar-refractivity contribution in [1.29, 1.82) is 0 Å². The Morgan fingerprint density at radius 3 is 2.57 bits per heavy atom. The van der Waals surface area contributed by atoms with Crippen molar-refractivity contribution in [3.63, 3.8) is 0 Å². The lowest BCUT2D eigenvalue weighted by molar-refractivity contribution is -0.122. The molecular weight excluding hydrogens is 407 g/mol. The smallest absolute Gasteiger partial charge is 0.279 e. The Kier molecular flexibility index (Phi) is 5.36. The van der Waals surface area contributed by atoms with E-state index in [-0.39, 0.29) is 17.9 Å². The van der Waals surface area contributed by atoms with E-state index in [1.807, 2.05) is 0 Å². The molecule has 0 atom stereocenters. The van der Waals surface area contributed by atoms with Gasteiger partial charge in [-0.05, 0) is 42.0 Å². The van der Waals surface area contributed by atoms with Gasteiger partial charge in [0.25, 0.3) is 17.4 Å². The van der Waals surface area contributed by atoms with Crippen LogP contribution in [0.1, 0.15) is 9.67 Å². The number of aromatic nitrogens is 2. The maximum Gasteiger partial charge on any atom is 0.279 e. The molecule has 7 nitrogen and oxygen atoms in total. The summed E-state index contributed by atoms with van der Waals surface area (Å²) in [6.45, 7) is -0.289. The molecule has 9 heteroatoms. The maximum absolute atomic E-state index is 13.0. The van der Waals surface area contributed by atoms with Gasteiger partial charge < -0.3 is 0 Å². The number of rotatable bonds is 4. The number of hydrogen-bond acceptors (Lipinski definition) is 5. The van der Waals surface area contributed by atoms with E-state index < -0.39 is 11.8 Å². The summed E-state index contributed by atoms with van der Waals surface area (Å²) in [5, 5.41) is 0.406. The van der Waals surface area contributed by atoms with Crippen LogP contribution in [0.5, 0.6) is 0 Å². The van der Waals surface area contributed by atoms with Crippen molar-refractivity contribution in [1.82, 2.24) is 20.4 Å². The molecule has 0 saturated heterocycles. The molecule has 0 aliphatic carbocycles. The van der Waals surface area contributed by atoms with Crippen LogP contribution < -0.4 is 16.4 Å². The van der Waals surface area contributed by atoms with E-state index in [1.165, 1.54) is 34.4 Å². The van der Waals surface area contributed by atoms with Crippen molar-refractivity contribution in [2.45, 2.75) is 6.54 Å². The third-order valence-corrected chi connectivity index (χ3v) is 5.45. The van der Waals surface area contributed by atoms with Crippen LogP contribution in [0.2, 0.25) is 0 Å². The first-order chi connectivity index (χ1) is 14.5. The molecule has 0 fully saturated rings. The highest BCUT2D eigenvalue weighted by atomic mass is 32.1. The fourth-order valence-electron chi connectivity index (χ4n) is 2.83. The Morgan fingerprint density at radius 1 is 1.00 bits per heavy atom. The van der Waals surface area contributed by atoms with Crippen molar-refractivity contribution < 1.29 is 14.0 Å². The minimum atomic E-state index is -0.571. The minimum absolute atomic E-state index is 0.289. The number of benzene rings is 2. The Balaban J connectivity index is 1.38. The summed E-state index contributed by atoms with van der Waals surface area (Å²) in [6, 6.07) is 16.1. The van der Waals surface area contributed by atoms with Gasteiger partial charge in [-0.2, -0.15) is 0 Å². The standard InChI is InChI=1S/C21H15FN4O3S/c22-14-7-5-13(6-8-14)17-9-10-18(30-17)20(28)25-24-19(27)11-26-12-23-16-4-2-1-3-15(16)21(26)29/h1-10,12H,11H2,(H,24,27)(H,25,28). The molecular formula is C21H15FN4O3S. The third kappa shape index (κ3) is 4.11. The van der Waals surface area contributed by atoms with E-state index in [1.54, 1.807) is 48.5 Å². The lowest BCUT2D eigenvalue weighted by atomic mass is 10.2. The topological polar surface area (TPSA) is 93.1 Å². The second kappa shape index (κ2) is 8.26. The summed E-state index contributed by atoms with van der Waals surface area (Å²) in [5.74, 6) is -1.40. The predicted molar refractivity (Wildman–Crippen MR) is 111 cm³/mol. The molecule has 30 heavy (non-hydrogen) atoms. The molecule has 2 aromatic heterocycles. The lowest BCUT2D eigenvalue weighted by Crippen LogP contribution is -2.44. The zero-order chi connectivity index (χ0) is 21.1. The zero-order valence-electron chi connectivity index (χ0n) is 15.5. The number of amides is 2. The third-order valence-electron chi connectivity index (χ3n) is 4.32. The van der Waals surface area contributed by atoms with Gasteiger partial charge in [0.15, 0.2) is 0 Å². The molecule has 150 valence electrons. The van der Waals surface area contributed by atoms with E-state index in [0.717, 1.165) is 10.4 Å². The minimum Gasteiger partial charge on any atom is -0.289 e. The zero-order valence-corrected chi connectivity index (χ0v) is 16.3. The van der Waals surface area contributed by atoms with Crippen LogP contribution in [0.4, 0.5) is 4.39 Å². The number of thiophene rings is 1. The van der Waals surface area contributed by atoms with Crippen molar-refractivity contribution in [3.8, 4) is 10.4 Å². The molecule has 0 radical (unpaired) electrons. The van der Waals surface area contributed by atoms with Gasteiger partial charge in [0.1, 0.15) is 12.4 Å². The molecule has 0 unspecified atom stereocenters. The molecule has 0 spiro atoms. The summed E-state index contributed by atoms with van der Waals surface area (Å²) in [5.41, 5.74) is 5.60. The Labute approximate surface area is 173 Å². The maximum atomic E-state index is 13.0. The molecule has 2 amide bonds. The monoisotopic (exact) mass is 422 g/mol. The van der Waals surface area contributed by atoms with Crippen LogP contribution >= 0.6 is 11.3 Å². The van der Waals surface area contributed by atoms with Crippen molar-refractivity contribution in [3.05, 3.63) is 88.0 Å². The summed E-state index contributed by atoms with van der Waals surface area (Å²) >= 11 is 1.21. The Hall–Kier alpha value is -3.85. The Bertz CT molecular complexity index is 1300. The van der Waals surface area contributed by atoms with Crippen molar-refractivity contribution in [2.24, 2.45) is 0 Å². The van der Waals surface area contributed by atoms with Gasteiger partial charge >= 0.3 is 0 Å². The van der Waals surface area contributed by atoms with Crippen LogP contribution in [-0.4, -0.2) is 21.4 Å². The van der Waals surface area contributed by atoms with Crippen LogP contribution in [0.3, 0.4) is 0 Å². The molecule has 0 aliphatic rings. The van der Waals surface area contributed by atoms with Gasteiger partial charge in [0, 0.05) is 4.88 Å². The van der Waals surface area contributed by atoms with Gasteiger partial charge in [0.05, 0.1) is 22.1 Å². The van der Waals surface area contributed by atoms with Crippen LogP contribution in [0, 0.1) is 5.82 Å². The average molecular weight is 422 g/mol. The van der Waals surface area contributed by atoms with Gasteiger partial charge in [-0.15, -0.1) is 11.3 Å². The Morgan fingerprint density at radius 2 is 1.77 bits per heavy atom. The number of carbonyl (C=O) groups is 2. The van der Waals surface area contributed by atoms with Crippen LogP contribution in [0.15, 0.2) is 71.8 Å². The van der Waals surface area contributed by atoms with Crippen molar-refractivity contribution >= 4 is 34.1 Å². The van der Waals surface area contributed by atoms with E-state index in [9.17, 15) is 18.8 Å². The fraction of sp³-hybridized carbons (Fsp3) is 0.0476. The van der Waals surface area contributed by atoms with Crippen molar-refractivity contribution in [2.75, 3.05) is 0 Å². The van der Waals surface area contributed by atoms with E-state index in [4.69, 9.17) is 0 Å². The number of halogens is 1. The number of nitrogens with one attached hydrogen (secondary N) is 2. The molecule has 0 saturated carbocycles. The highest BCUT2D eigenvalue weighted by Gasteiger charge is 2.13. The molecule has 4 rings (SSSR count). The molecule has 4 aromatic rings. The lowest BCUT2D eigenvalue weighted by Gasteiger charge is -2.08. The highest BCUT2D eigenvalue weighted by molar-refractivity contribution is 7.17. The molecule has 2 N–H and O–H groups in total. The summed E-state index contributed by atoms with van der Waals surface area (Å²) < 4.78 is 14.2. The summed E-state index contributed by atoms with van der Waals surface area (Å²) in [6.07, 6.45) is 1.29. The normalized spacial score (nSPS) is 10.7. The second-order valence-electron chi connectivity index (χ2n) is 6.37. The van der Waals surface area contributed by atoms with Gasteiger partial charge in [-0.1, -0.05) is 24.3 Å². The van der Waals surface area contributed by atoms with Crippen LogP contribution in [0.25, 0.3) is 21.3 Å². The number of nitrogens with zero attached hydrogens (tertiary/aromatic N) is 2. The summed E-state index contributed by atoms with van der Waals surface area (Å²) in [4.78, 5) is 42.2. The van der Waals surface area contributed by atoms with Crippen LogP contribution in [-0.2, 0) is 11.3 Å². The first-order valence-corrected chi connectivity index (χ1v) is 9.72. The quantitative estimate of drug-likeness (QED) is 0.495. The summed E-state index contributed by atoms with van der Waals surface area (Å²) in [7, 11) is 0. The number of hydrazine groups is 1. The fourth-order valence-corrected chi connectivity index (χ4v) is 3.74. The van der Waals surface area contributed by atoms with Gasteiger partial charge in [-0.25, -0.2) is 9.37 Å². The SMILES string of the molecule is O=C(Cn1cnc2ccccc2c1=O)NNC(=O)c1ccc(-c2ccc(F)cc2)s1. The number of hydrogen-bond donors (Lipinski definition) is 2. The predicted octanol–water partition coefficient (Wildman–Crippen LogP) is 2.73. The highest BCUT2D eigenvalue weighted by Crippen LogP contribution is 2.28.